The van der Waals surface area contributed by atoms with Crippen molar-refractivity contribution >= 4 is 68.8 Å². The van der Waals surface area contributed by atoms with E-state index in [0.29, 0.717) is 10.6 Å². The lowest BCUT2D eigenvalue weighted by Gasteiger charge is -2.14. The topological polar surface area (TPSA) is 136 Å². The number of aromatic nitrogens is 2. The first-order valence-corrected chi connectivity index (χ1v) is 12.2. The summed E-state index contributed by atoms with van der Waals surface area (Å²) in [5, 5.41) is 22.4. The number of nitrogens with one attached hydrogen (secondary N) is 2. The van der Waals surface area contributed by atoms with Gasteiger partial charge in [0.2, 0.25) is 5.91 Å². The van der Waals surface area contributed by atoms with Gasteiger partial charge in [0, 0.05) is 34.4 Å². The predicted octanol–water partition coefficient (Wildman–Crippen LogP) is 4.47. The number of hydrogen-bond donors (Lipinski definition) is 4. The molecule has 0 spiro atoms. The maximum Gasteiger partial charge on any atom is 0.339 e. The van der Waals surface area contributed by atoms with E-state index < -0.39 is 23.5 Å². The summed E-state index contributed by atoms with van der Waals surface area (Å²) in [6.45, 7) is -0.340. The molecule has 0 unspecified atom stereocenters. The second kappa shape index (κ2) is 9.88. The third-order valence-corrected chi connectivity index (χ3v) is 6.96. The molecule has 2 aromatic heterocycles. The van der Waals surface area contributed by atoms with Crippen molar-refractivity contribution in [3.8, 4) is 17.0 Å². The molecule has 1 aliphatic heterocycles. The highest BCUT2D eigenvalue weighted by Gasteiger charge is 2.33. The zero-order valence-electron chi connectivity index (χ0n) is 19.0. The summed E-state index contributed by atoms with van der Waals surface area (Å²) in [5.41, 5.74) is 3.19. The molecule has 0 atom stereocenters. The van der Waals surface area contributed by atoms with Gasteiger partial charge in [0.15, 0.2) is 0 Å². The number of rotatable bonds is 6. The number of nitrogens with zero attached hydrogens (tertiary/aromatic N) is 2. The number of anilines is 1. The van der Waals surface area contributed by atoms with Crippen LogP contribution in [-0.4, -0.2) is 53.7 Å². The number of aromatic hydroxyl groups is 1. The second-order valence-electron chi connectivity index (χ2n) is 8.08. The van der Waals surface area contributed by atoms with Crippen LogP contribution in [0.25, 0.3) is 28.2 Å². The molecule has 184 valence electrons. The first kappa shape index (κ1) is 24.2. The minimum Gasteiger partial charge on any atom is -0.507 e. The maximum absolute atomic E-state index is 13.0. The molecule has 0 bridgehead atoms. The van der Waals surface area contributed by atoms with Crippen molar-refractivity contribution < 1.29 is 24.6 Å². The van der Waals surface area contributed by atoms with Crippen molar-refractivity contribution in [3.05, 3.63) is 83.0 Å². The van der Waals surface area contributed by atoms with Crippen LogP contribution in [0.4, 0.5) is 5.69 Å². The number of carboxylic acids is 1. The fourth-order valence-corrected chi connectivity index (χ4v) is 5.05. The van der Waals surface area contributed by atoms with Gasteiger partial charge in [-0.05, 0) is 48.5 Å². The van der Waals surface area contributed by atoms with E-state index in [4.69, 9.17) is 17.3 Å². The molecule has 4 N–H and O–H groups in total. The minimum absolute atomic E-state index is 0.187. The van der Waals surface area contributed by atoms with Gasteiger partial charge in [-0.3, -0.25) is 14.5 Å². The number of carboxylic acid groups (broad SMARTS) is 1. The van der Waals surface area contributed by atoms with Crippen LogP contribution in [0.1, 0.15) is 16.1 Å². The number of phenols is 1. The first-order valence-electron chi connectivity index (χ1n) is 10.9. The Bertz CT molecular complexity index is 1630. The van der Waals surface area contributed by atoms with Gasteiger partial charge in [-0.15, -0.1) is 0 Å². The van der Waals surface area contributed by atoms with Crippen LogP contribution in [-0.2, 0) is 9.59 Å². The zero-order valence-corrected chi connectivity index (χ0v) is 20.6. The molecule has 0 aliphatic carbocycles. The monoisotopic (exact) mass is 530 g/mol. The molecule has 9 nitrogen and oxygen atoms in total. The van der Waals surface area contributed by atoms with E-state index in [9.17, 15) is 19.5 Å². The van der Waals surface area contributed by atoms with E-state index in [1.165, 1.54) is 17.0 Å². The number of aromatic amines is 1. The number of thioether (sulfide) groups is 1. The van der Waals surface area contributed by atoms with Crippen molar-refractivity contribution in [3.63, 3.8) is 0 Å². The van der Waals surface area contributed by atoms with E-state index in [0.717, 1.165) is 40.0 Å². The van der Waals surface area contributed by atoms with Crippen LogP contribution >= 0.6 is 24.0 Å². The molecular weight excluding hydrogens is 512 g/mol. The highest BCUT2D eigenvalue weighted by molar-refractivity contribution is 8.26. The van der Waals surface area contributed by atoms with E-state index >= 15 is 0 Å². The molecular formula is C26H18N4O5S2. The number of aromatic carboxylic acids is 1. The number of pyridine rings is 1. The van der Waals surface area contributed by atoms with Crippen LogP contribution in [0.3, 0.4) is 0 Å². The summed E-state index contributed by atoms with van der Waals surface area (Å²) in [5.74, 6) is -2.75. The Morgan fingerprint density at radius 1 is 1.14 bits per heavy atom. The van der Waals surface area contributed by atoms with Crippen LogP contribution in [0, 0.1) is 0 Å². The summed E-state index contributed by atoms with van der Waals surface area (Å²) in [7, 11) is 0. The standard InChI is InChI=1S/C26H18N4O5S2/c31-21-11-17(5-6-18(21)25(34)35)29-23(32)13-30-24(33)22(37-26(30)36)12-16-2-1-3-20(28-16)14-4-7-19-15(10-14)8-9-27-19/h1-12,27,31H,13H2,(H,29,32)(H,34,35). The van der Waals surface area contributed by atoms with Crippen molar-refractivity contribution in [2.24, 2.45) is 0 Å². The Labute approximate surface area is 219 Å². The van der Waals surface area contributed by atoms with Gasteiger partial charge in [0.25, 0.3) is 5.91 Å². The highest BCUT2D eigenvalue weighted by atomic mass is 32.2. The average molecular weight is 531 g/mol. The SMILES string of the molecule is O=C(CN1C(=O)C(=Cc2cccc(-c3ccc4[nH]ccc4c3)n2)SC1=S)Nc1ccc(C(=O)O)c(O)c1. The summed E-state index contributed by atoms with van der Waals surface area (Å²) in [6.07, 6.45) is 3.51. The normalized spacial score (nSPS) is 14.5. The minimum atomic E-state index is -1.29. The third-order valence-electron chi connectivity index (χ3n) is 5.59. The van der Waals surface area contributed by atoms with Gasteiger partial charge in [-0.1, -0.05) is 36.1 Å². The fourth-order valence-electron chi connectivity index (χ4n) is 3.81. The van der Waals surface area contributed by atoms with Gasteiger partial charge >= 0.3 is 5.97 Å². The number of H-pyrrole nitrogens is 1. The largest absolute Gasteiger partial charge is 0.507 e. The molecule has 3 heterocycles. The number of carbonyl (C=O) groups is 3. The molecule has 1 fully saturated rings. The van der Waals surface area contributed by atoms with E-state index in [1.807, 2.05) is 42.6 Å². The Balaban J connectivity index is 1.29. The molecule has 11 heteroatoms. The zero-order chi connectivity index (χ0) is 26.1. The molecule has 37 heavy (non-hydrogen) atoms. The number of thiocarbonyl (C=S) groups is 1. The summed E-state index contributed by atoms with van der Waals surface area (Å²) < 4.78 is 0.226. The first-order chi connectivity index (χ1) is 17.8. The molecule has 4 aromatic rings. The Kier molecular flexibility index (Phi) is 6.47. The van der Waals surface area contributed by atoms with E-state index in [2.05, 4.69) is 15.3 Å². The number of fused-ring (bicyclic) bond motifs is 1. The fraction of sp³-hybridized carbons (Fsp3) is 0.0385. The predicted molar refractivity (Wildman–Crippen MR) is 145 cm³/mol. The van der Waals surface area contributed by atoms with Crippen LogP contribution in [0.15, 0.2) is 71.8 Å². The number of hydrogen-bond acceptors (Lipinski definition) is 7. The third kappa shape index (κ3) is 5.08. The van der Waals surface area contributed by atoms with Crippen LogP contribution in [0.5, 0.6) is 5.75 Å². The van der Waals surface area contributed by atoms with E-state index in [-0.39, 0.29) is 22.1 Å². The van der Waals surface area contributed by atoms with Crippen molar-refractivity contribution in [1.29, 1.82) is 0 Å². The lowest BCUT2D eigenvalue weighted by atomic mass is 10.1. The van der Waals surface area contributed by atoms with Crippen LogP contribution < -0.4 is 5.32 Å². The van der Waals surface area contributed by atoms with Crippen molar-refractivity contribution in [1.82, 2.24) is 14.9 Å². The molecule has 1 saturated heterocycles. The van der Waals surface area contributed by atoms with Gasteiger partial charge in [0.05, 0.1) is 16.3 Å². The quantitative estimate of drug-likeness (QED) is 0.212. The number of benzene rings is 2. The second-order valence-corrected chi connectivity index (χ2v) is 9.76. The van der Waals surface area contributed by atoms with Gasteiger partial charge < -0.3 is 20.5 Å². The summed E-state index contributed by atoms with van der Waals surface area (Å²) in [6, 6.07) is 17.1. The van der Waals surface area contributed by atoms with E-state index in [1.54, 1.807) is 12.1 Å². The molecule has 1 aliphatic rings. The van der Waals surface area contributed by atoms with Gasteiger partial charge in [-0.25, -0.2) is 9.78 Å². The smallest absolute Gasteiger partial charge is 0.339 e. The highest BCUT2D eigenvalue weighted by Crippen LogP contribution is 2.33. The summed E-state index contributed by atoms with van der Waals surface area (Å²) >= 11 is 6.39. The lowest BCUT2D eigenvalue weighted by molar-refractivity contribution is -0.126. The van der Waals surface area contributed by atoms with Crippen LogP contribution in [0.2, 0.25) is 0 Å². The Hall–Kier alpha value is -4.48. The number of carbonyl (C=O) groups excluding carboxylic acids is 2. The van der Waals surface area contributed by atoms with Crippen molar-refractivity contribution in [2.45, 2.75) is 0 Å². The summed E-state index contributed by atoms with van der Waals surface area (Å²) in [4.78, 5) is 45.9. The van der Waals surface area contributed by atoms with Gasteiger partial charge in [-0.2, -0.15) is 0 Å². The van der Waals surface area contributed by atoms with Crippen molar-refractivity contribution in [2.75, 3.05) is 11.9 Å². The average Bonchev–Trinajstić information content (AvgIpc) is 3.43. The molecule has 0 radical (unpaired) electrons. The number of amides is 2. The maximum atomic E-state index is 13.0. The van der Waals surface area contributed by atoms with Gasteiger partial charge in [0.1, 0.15) is 22.2 Å². The molecule has 2 aromatic carbocycles. The molecule has 2 amide bonds. The molecule has 5 rings (SSSR count). The molecule has 0 saturated carbocycles. The Morgan fingerprint density at radius 2 is 1.97 bits per heavy atom. The Morgan fingerprint density at radius 3 is 2.76 bits per heavy atom. The lowest BCUT2D eigenvalue weighted by Crippen LogP contribution is -2.36.